The van der Waals surface area contributed by atoms with E-state index in [1.807, 2.05) is 6.07 Å². The number of nitrogens with one attached hydrogen (secondary N) is 2. The molecule has 0 aromatic heterocycles. The van der Waals surface area contributed by atoms with Gasteiger partial charge in [0.25, 0.3) is 5.91 Å². The zero-order valence-electron chi connectivity index (χ0n) is 17.1. The van der Waals surface area contributed by atoms with E-state index in [0.29, 0.717) is 30.1 Å². The maximum Gasteiger partial charge on any atom is 0.490 e. The van der Waals surface area contributed by atoms with E-state index in [-0.39, 0.29) is 24.8 Å². The molecule has 1 fully saturated rings. The molecule has 1 aromatic rings. The van der Waals surface area contributed by atoms with E-state index in [1.165, 1.54) is 4.90 Å². The predicted octanol–water partition coefficient (Wildman–Crippen LogP) is 2.08. The van der Waals surface area contributed by atoms with Crippen molar-refractivity contribution < 1.29 is 42.6 Å². The number of carbonyl (C=O) groups is 4. The van der Waals surface area contributed by atoms with Crippen LogP contribution >= 0.6 is 0 Å². The van der Waals surface area contributed by atoms with E-state index in [1.54, 1.807) is 12.1 Å². The van der Waals surface area contributed by atoms with Crippen LogP contribution in [-0.4, -0.2) is 64.7 Å². The van der Waals surface area contributed by atoms with E-state index >= 15 is 0 Å². The summed E-state index contributed by atoms with van der Waals surface area (Å²) < 4.78 is 31.7. The molecule has 3 rings (SSSR count). The van der Waals surface area contributed by atoms with Gasteiger partial charge in [0, 0.05) is 30.8 Å². The number of anilines is 1. The first-order valence-electron chi connectivity index (χ1n) is 9.92. The van der Waals surface area contributed by atoms with Crippen LogP contribution < -0.4 is 10.6 Å². The fourth-order valence-corrected chi connectivity index (χ4v) is 3.41. The van der Waals surface area contributed by atoms with E-state index < -0.39 is 18.1 Å². The summed E-state index contributed by atoms with van der Waals surface area (Å²) in [6.45, 7) is 2.53. The number of piperidine rings is 1. The molecule has 2 amide bonds. The lowest BCUT2D eigenvalue weighted by atomic mass is 9.94. The molecule has 0 atom stereocenters. The molecule has 1 saturated heterocycles. The normalized spacial score (nSPS) is 16.1. The topological polar surface area (TPSA) is 136 Å². The van der Waals surface area contributed by atoms with Gasteiger partial charge < -0.3 is 25.7 Å². The Morgan fingerprint density at radius 1 is 1.16 bits per heavy atom. The third-order valence-electron chi connectivity index (χ3n) is 5.04. The number of amides is 2. The average Bonchev–Trinajstić information content (AvgIpc) is 3.02. The lowest BCUT2D eigenvalue weighted by molar-refractivity contribution is -0.192. The fraction of sp³-hybridized carbons (Fsp3) is 0.500. The van der Waals surface area contributed by atoms with Gasteiger partial charge in [0.05, 0.1) is 6.42 Å². The number of aliphatic carboxylic acids is 2. The van der Waals surface area contributed by atoms with Crippen molar-refractivity contribution in [3.05, 3.63) is 29.3 Å². The van der Waals surface area contributed by atoms with E-state index in [4.69, 9.17) is 15.0 Å². The highest BCUT2D eigenvalue weighted by Gasteiger charge is 2.38. The summed E-state index contributed by atoms with van der Waals surface area (Å²) >= 11 is 0. The largest absolute Gasteiger partial charge is 0.490 e. The second-order valence-corrected chi connectivity index (χ2v) is 7.49. The number of fused-ring (bicyclic) bond motifs is 1. The molecule has 0 bridgehead atoms. The van der Waals surface area contributed by atoms with Gasteiger partial charge in [0.1, 0.15) is 0 Å². The van der Waals surface area contributed by atoms with Crippen LogP contribution in [0.2, 0.25) is 0 Å². The molecule has 1 aromatic carbocycles. The van der Waals surface area contributed by atoms with Crippen molar-refractivity contribution in [2.45, 2.75) is 38.4 Å². The van der Waals surface area contributed by atoms with E-state index in [9.17, 15) is 27.6 Å². The van der Waals surface area contributed by atoms with Crippen molar-refractivity contribution in [3.8, 4) is 0 Å². The van der Waals surface area contributed by atoms with Crippen molar-refractivity contribution in [3.63, 3.8) is 0 Å². The Hall–Kier alpha value is -3.15. The van der Waals surface area contributed by atoms with Gasteiger partial charge in [-0.2, -0.15) is 13.2 Å². The fourth-order valence-electron chi connectivity index (χ4n) is 3.41. The summed E-state index contributed by atoms with van der Waals surface area (Å²) in [5.41, 5.74) is 2.03. The molecule has 0 aliphatic carbocycles. The number of carbonyl (C=O) groups excluding carboxylic acids is 2. The summed E-state index contributed by atoms with van der Waals surface area (Å²) in [7, 11) is 0. The summed E-state index contributed by atoms with van der Waals surface area (Å²) in [5, 5.41) is 22.1. The summed E-state index contributed by atoms with van der Waals surface area (Å²) in [5.74, 6) is -3.48. The molecule has 0 radical (unpaired) electrons. The molecule has 2 aliphatic rings. The molecule has 32 heavy (non-hydrogen) atoms. The van der Waals surface area contributed by atoms with Crippen molar-refractivity contribution in [2.75, 3.05) is 25.0 Å². The van der Waals surface area contributed by atoms with Crippen LogP contribution in [0.1, 0.15) is 41.6 Å². The number of alkyl halides is 3. The van der Waals surface area contributed by atoms with Crippen molar-refractivity contribution in [1.29, 1.82) is 0 Å². The van der Waals surface area contributed by atoms with Gasteiger partial charge in [-0.1, -0.05) is 6.07 Å². The van der Waals surface area contributed by atoms with Gasteiger partial charge in [0.2, 0.25) is 5.91 Å². The number of carboxylic acid groups (broad SMARTS) is 2. The number of hydrogen-bond acceptors (Lipinski definition) is 5. The van der Waals surface area contributed by atoms with Gasteiger partial charge >= 0.3 is 18.1 Å². The quantitative estimate of drug-likeness (QED) is 0.511. The van der Waals surface area contributed by atoms with Gasteiger partial charge in [-0.25, -0.2) is 4.79 Å². The molecular weight excluding hydrogens is 435 g/mol. The molecular formula is C20H24F3N3O6. The Labute approximate surface area is 181 Å². The standard InChI is InChI=1S/C18H23N3O4.C2HF3O2/c22-16(9-12-3-6-19-7-4-12)20-14-2-1-13-11-21(8-5-17(23)24)18(25)15(13)10-14;3-2(4,5)1(6)7/h1-2,10,12,19H,3-9,11H2,(H,20,22)(H,23,24);(H,6,7). The van der Waals surface area contributed by atoms with Crippen molar-refractivity contribution >= 4 is 29.4 Å². The monoisotopic (exact) mass is 459 g/mol. The number of rotatable bonds is 6. The smallest absolute Gasteiger partial charge is 0.481 e. The maximum absolute atomic E-state index is 12.4. The van der Waals surface area contributed by atoms with E-state index in [0.717, 1.165) is 31.5 Å². The molecule has 2 aliphatic heterocycles. The van der Waals surface area contributed by atoms with Crippen LogP contribution in [0.3, 0.4) is 0 Å². The predicted molar refractivity (Wildman–Crippen MR) is 106 cm³/mol. The highest BCUT2D eigenvalue weighted by Crippen LogP contribution is 2.26. The van der Waals surface area contributed by atoms with Crippen LogP contribution in [0.5, 0.6) is 0 Å². The molecule has 176 valence electrons. The maximum atomic E-state index is 12.4. The average molecular weight is 459 g/mol. The third-order valence-corrected chi connectivity index (χ3v) is 5.04. The third kappa shape index (κ3) is 7.52. The molecule has 9 nitrogen and oxygen atoms in total. The van der Waals surface area contributed by atoms with Crippen LogP contribution in [0.25, 0.3) is 0 Å². The van der Waals surface area contributed by atoms with Gasteiger partial charge in [0.15, 0.2) is 0 Å². The first kappa shape index (κ1) is 25.1. The zero-order valence-corrected chi connectivity index (χ0v) is 17.1. The Morgan fingerprint density at radius 2 is 1.78 bits per heavy atom. The highest BCUT2D eigenvalue weighted by molar-refractivity contribution is 6.00. The SMILES string of the molecule is O=C(O)C(F)(F)F.O=C(O)CCN1Cc2ccc(NC(=O)CC3CCNCC3)cc2C1=O. The number of carboxylic acids is 2. The Balaban J connectivity index is 0.000000451. The number of halogens is 3. The minimum atomic E-state index is -5.08. The minimum absolute atomic E-state index is 0.0278. The highest BCUT2D eigenvalue weighted by atomic mass is 19.4. The number of hydrogen-bond donors (Lipinski definition) is 4. The molecule has 0 unspecified atom stereocenters. The van der Waals surface area contributed by atoms with Crippen LogP contribution in [0, 0.1) is 5.92 Å². The Kier molecular flexibility index (Phi) is 8.58. The molecule has 0 spiro atoms. The van der Waals surface area contributed by atoms with Gasteiger partial charge in [-0.15, -0.1) is 0 Å². The summed E-state index contributed by atoms with van der Waals surface area (Å²) in [6.07, 6.45) is -2.64. The Bertz CT molecular complexity index is 869. The van der Waals surface area contributed by atoms with Crippen molar-refractivity contribution in [1.82, 2.24) is 10.2 Å². The number of benzene rings is 1. The lowest BCUT2D eigenvalue weighted by Gasteiger charge is -2.21. The second kappa shape index (κ2) is 10.9. The zero-order chi connectivity index (χ0) is 23.9. The van der Waals surface area contributed by atoms with Gasteiger partial charge in [-0.3, -0.25) is 14.4 Å². The minimum Gasteiger partial charge on any atom is -0.481 e. The molecule has 0 saturated carbocycles. The first-order chi connectivity index (χ1) is 15.0. The molecule has 2 heterocycles. The van der Waals surface area contributed by atoms with Crippen molar-refractivity contribution in [2.24, 2.45) is 5.92 Å². The first-order valence-corrected chi connectivity index (χ1v) is 9.92. The van der Waals surface area contributed by atoms with Crippen LogP contribution in [-0.2, 0) is 20.9 Å². The van der Waals surface area contributed by atoms with Gasteiger partial charge in [-0.05, 0) is 49.5 Å². The molecule has 12 heteroatoms. The number of nitrogens with zero attached hydrogens (tertiary/aromatic N) is 1. The van der Waals surface area contributed by atoms with Crippen LogP contribution in [0.4, 0.5) is 18.9 Å². The summed E-state index contributed by atoms with van der Waals surface area (Å²) in [6, 6.07) is 5.32. The van der Waals surface area contributed by atoms with E-state index in [2.05, 4.69) is 10.6 Å². The second-order valence-electron chi connectivity index (χ2n) is 7.49. The lowest BCUT2D eigenvalue weighted by Crippen LogP contribution is -2.30. The summed E-state index contributed by atoms with van der Waals surface area (Å²) in [4.78, 5) is 45.7. The Morgan fingerprint density at radius 3 is 2.34 bits per heavy atom. The molecule has 4 N–H and O–H groups in total. The van der Waals surface area contributed by atoms with Crippen LogP contribution in [0.15, 0.2) is 18.2 Å².